The summed E-state index contributed by atoms with van der Waals surface area (Å²) in [5, 5.41) is -1.45. The number of pyridine rings is 1. The molecule has 0 bridgehead atoms. The van der Waals surface area contributed by atoms with Crippen LogP contribution in [0.5, 0.6) is 0 Å². The molecular formula is C6H2BrCl2F2NO2S. The van der Waals surface area contributed by atoms with Crippen LogP contribution in [-0.2, 0) is 9.05 Å². The molecular weight excluding hydrogens is 339 g/mol. The van der Waals surface area contributed by atoms with Gasteiger partial charge in [0.25, 0.3) is 15.5 Å². The molecule has 0 saturated carbocycles. The van der Waals surface area contributed by atoms with Gasteiger partial charge in [0.1, 0.15) is 0 Å². The average molecular weight is 341 g/mol. The van der Waals surface area contributed by atoms with E-state index in [9.17, 15) is 17.2 Å². The second-order valence-corrected chi connectivity index (χ2v) is 6.09. The minimum Gasteiger partial charge on any atom is -0.241 e. The van der Waals surface area contributed by atoms with Crippen LogP contribution in [0.15, 0.2) is 15.7 Å². The summed E-state index contributed by atoms with van der Waals surface area (Å²) in [5.41, 5.74) is -0.647. The Morgan fingerprint density at radius 1 is 1.47 bits per heavy atom. The van der Waals surface area contributed by atoms with E-state index in [-0.39, 0.29) is 4.47 Å². The summed E-state index contributed by atoms with van der Waals surface area (Å²) < 4.78 is 46.7. The lowest BCUT2D eigenvalue weighted by atomic mass is 10.3. The van der Waals surface area contributed by atoms with Gasteiger partial charge in [0.2, 0.25) is 0 Å². The summed E-state index contributed by atoms with van der Waals surface area (Å²) in [6.07, 6.45) is -2.02. The van der Waals surface area contributed by atoms with E-state index < -0.39 is 31.1 Å². The molecule has 0 N–H and O–H groups in total. The van der Waals surface area contributed by atoms with Crippen molar-refractivity contribution >= 4 is 47.3 Å². The molecule has 9 heteroatoms. The highest BCUT2D eigenvalue weighted by molar-refractivity contribution is 9.10. The van der Waals surface area contributed by atoms with E-state index in [2.05, 4.69) is 20.9 Å². The molecule has 0 aliphatic heterocycles. The summed E-state index contributed by atoms with van der Waals surface area (Å²) in [6, 6.07) is 0. The summed E-state index contributed by atoms with van der Waals surface area (Å²) in [6.45, 7) is 0. The Hall–Kier alpha value is 0.0200. The van der Waals surface area contributed by atoms with Gasteiger partial charge < -0.3 is 0 Å². The molecule has 0 unspecified atom stereocenters. The third kappa shape index (κ3) is 2.77. The highest BCUT2D eigenvalue weighted by Gasteiger charge is 2.25. The largest absolute Gasteiger partial charge is 0.280 e. The highest BCUT2D eigenvalue weighted by atomic mass is 79.9. The summed E-state index contributed by atoms with van der Waals surface area (Å²) in [7, 11) is 0.727. The Labute approximate surface area is 102 Å². The number of halogens is 5. The first kappa shape index (κ1) is 13.1. The smallest absolute Gasteiger partial charge is 0.241 e. The molecule has 1 aromatic rings. The number of hydrogen-bond acceptors (Lipinski definition) is 3. The zero-order valence-corrected chi connectivity index (χ0v) is 10.6. The van der Waals surface area contributed by atoms with E-state index in [4.69, 9.17) is 22.3 Å². The van der Waals surface area contributed by atoms with Crippen molar-refractivity contribution in [2.24, 2.45) is 0 Å². The average Bonchev–Trinajstić information content (AvgIpc) is 2.00. The van der Waals surface area contributed by atoms with Gasteiger partial charge in [-0.1, -0.05) is 11.6 Å². The Kier molecular flexibility index (Phi) is 3.91. The summed E-state index contributed by atoms with van der Waals surface area (Å²) in [5.74, 6) is 0. The maximum Gasteiger partial charge on any atom is 0.280 e. The normalized spacial score (nSPS) is 12.1. The number of alkyl halides is 2. The number of hydrogen-bond donors (Lipinski definition) is 0. The van der Waals surface area contributed by atoms with E-state index in [1.807, 2.05) is 0 Å². The Bertz CT molecular complexity index is 494. The fraction of sp³-hybridized carbons (Fsp3) is 0.167. The molecule has 0 aliphatic rings. The zero-order valence-electron chi connectivity index (χ0n) is 6.72. The standard InChI is InChI=1S/C6H2BrCl2F2NO2S/c7-2-1-12-6(15(9,13)14)4(8)3(2)5(10)11/h1,5H. The van der Waals surface area contributed by atoms with Crippen molar-refractivity contribution in [1.29, 1.82) is 0 Å². The number of nitrogens with zero attached hydrogens (tertiary/aromatic N) is 1. The van der Waals surface area contributed by atoms with Gasteiger partial charge in [-0.3, -0.25) is 0 Å². The molecule has 0 radical (unpaired) electrons. The summed E-state index contributed by atoms with van der Waals surface area (Å²) in [4.78, 5) is 3.36. The van der Waals surface area contributed by atoms with Crippen LogP contribution in [0, 0.1) is 0 Å². The first-order valence-electron chi connectivity index (χ1n) is 3.32. The Morgan fingerprint density at radius 2 is 2.00 bits per heavy atom. The van der Waals surface area contributed by atoms with Crippen molar-refractivity contribution in [3.8, 4) is 0 Å². The predicted molar refractivity (Wildman–Crippen MR) is 54.9 cm³/mol. The molecule has 1 aromatic heterocycles. The molecule has 0 saturated heterocycles. The van der Waals surface area contributed by atoms with E-state index in [0.717, 1.165) is 6.20 Å². The van der Waals surface area contributed by atoms with Crippen molar-refractivity contribution in [3.63, 3.8) is 0 Å². The predicted octanol–water partition coefficient (Wildman–Crippen LogP) is 3.36. The second kappa shape index (κ2) is 4.48. The topological polar surface area (TPSA) is 47.0 Å². The SMILES string of the molecule is O=S(=O)(Cl)c1ncc(Br)c(C(F)F)c1Cl. The molecule has 3 nitrogen and oxygen atoms in total. The van der Waals surface area contributed by atoms with Crippen LogP contribution in [0.2, 0.25) is 5.02 Å². The number of aromatic nitrogens is 1. The van der Waals surface area contributed by atoms with Crippen LogP contribution in [-0.4, -0.2) is 13.4 Å². The third-order valence-electron chi connectivity index (χ3n) is 1.43. The Morgan fingerprint density at radius 3 is 2.40 bits per heavy atom. The molecule has 0 fully saturated rings. The van der Waals surface area contributed by atoms with Gasteiger partial charge in [-0.15, -0.1) is 0 Å². The van der Waals surface area contributed by atoms with Crippen LogP contribution >= 0.6 is 38.2 Å². The molecule has 0 aromatic carbocycles. The minimum absolute atomic E-state index is 0.0773. The van der Waals surface area contributed by atoms with Gasteiger partial charge in [0, 0.05) is 21.4 Å². The van der Waals surface area contributed by atoms with E-state index >= 15 is 0 Å². The van der Waals surface area contributed by atoms with Crippen molar-refractivity contribution in [3.05, 3.63) is 21.3 Å². The lowest BCUT2D eigenvalue weighted by molar-refractivity contribution is 0.150. The van der Waals surface area contributed by atoms with Crippen molar-refractivity contribution in [2.45, 2.75) is 11.5 Å². The van der Waals surface area contributed by atoms with Crippen LogP contribution in [0.3, 0.4) is 0 Å². The minimum atomic E-state index is -4.23. The molecule has 84 valence electrons. The number of rotatable bonds is 2. The van der Waals surface area contributed by atoms with Gasteiger partial charge in [0.05, 0.1) is 10.6 Å². The maximum absolute atomic E-state index is 12.5. The molecule has 1 heterocycles. The van der Waals surface area contributed by atoms with Crippen molar-refractivity contribution < 1.29 is 17.2 Å². The van der Waals surface area contributed by atoms with E-state index in [1.165, 1.54) is 0 Å². The second-order valence-electron chi connectivity index (χ2n) is 2.38. The molecule has 0 spiro atoms. The first-order chi connectivity index (χ1) is 6.75. The van der Waals surface area contributed by atoms with Crippen molar-refractivity contribution in [2.75, 3.05) is 0 Å². The zero-order chi connectivity index (χ0) is 11.8. The molecule has 0 amide bonds. The molecule has 15 heavy (non-hydrogen) atoms. The molecule has 0 atom stereocenters. The molecule has 1 rings (SSSR count). The quantitative estimate of drug-likeness (QED) is 0.775. The highest BCUT2D eigenvalue weighted by Crippen LogP contribution is 2.37. The fourth-order valence-corrected chi connectivity index (χ4v) is 2.93. The lowest BCUT2D eigenvalue weighted by Crippen LogP contribution is -2.00. The first-order valence-corrected chi connectivity index (χ1v) is 6.80. The van der Waals surface area contributed by atoms with Crippen LogP contribution in [0.4, 0.5) is 8.78 Å². The van der Waals surface area contributed by atoms with Crippen molar-refractivity contribution in [1.82, 2.24) is 4.98 Å². The van der Waals surface area contributed by atoms with Gasteiger partial charge >= 0.3 is 0 Å². The fourth-order valence-electron chi connectivity index (χ4n) is 0.832. The van der Waals surface area contributed by atoms with E-state index in [0.29, 0.717) is 0 Å². The Balaban J connectivity index is 3.56. The van der Waals surface area contributed by atoms with Crippen LogP contribution in [0.25, 0.3) is 0 Å². The van der Waals surface area contributed by atoms with Gasteiger partial charge in [0.15, 0.2) is 5.03 Å². The van der Waals surface area contributed by atoms with Crippen LogP contribution < -0.4 is 0 Å². The van der Waals surface area contributed by atoms with Crippen LogP contribution in [0.1, 0.15) is 12.0 Å². The monoisotopic (exact) mass is 339 g/mol. The van der Waals surface area contributed by atoms with Gasteiger partial charge in [-0.2, -0.15) is 0 Å². The van der Waals surface area contributed by atoms with E-state index in [1.54, 1.807) is 0 Å². The van der Waals surface area contributed by atoms with Gasteiger partial charge in [-0.25, -0.2) is 22.2 Å². The lowest BCUT2D eigenvalue weighted by Gasteiger charge is -2.07. The third-order valence-corrected chi connectivity index (χ3v) is 3.76. The van der Waals surface area contributed by atoms with Gasteiger partial charge in [-0.05, 0) is 15.9 Å². The maximum atomic E-state index is 12.5. The summed E-state index contributed by atoms with van der Waals surface area (Å²) >= 11 is 8.24. The molecule has 0 aliphatic carbocycles.